The van der Waals surface area contributed by atoms with Crippen molar-refractivity contribution in [2.45, 2.75) is 37.3 Å². The largest absolute Gasteiger partial charge is 0.380 e. The minimum absolute atomic E-state index is 0.0895. The van der Waals surface area contributed by atoms with Gasteiger partial charge in [0.1, 0.15) is 12.0 Å². The number of fused-ring (bicyclic) bond motifs is 2. The Bertz CT molecular complexity index is 1160. The van der Waals surface area contributed by atoms with Crippen LogP contribution in [0.3, 0.4) is 0 Å². The van der Waals surface area contributed by atoms with E-state index in [1.807, 2.05) is 30.5 Å². The number of carbonyl (C=O) groups excluding carboxylic acids is 1. The number of halogens is 1. The van der Waals surface area contributed by atoms with Crippen molar-refractivity contribution in [2.75, 3.05) is 31.2 Å². The molecule has 2 fully saturated rings. The third kappa shape index (κ3) is 3.42. The van der Waals surface area contributed by atoms with E-state index in [1.165, 1.54) is 6.07 Å². The maximum absolute atomic E-state index is 15.1. The smallest absolute Gasteiger partial charge is 0.239 e. The van der Waals surface area contributed by atoms with Crippen LogP contribution < -0.4 is 10.3 Å². The molecule has 2 aromatic carbocycles. The summed E-state index contributed by atoms with van der Waals surface area (Å²) in [7, 11) is 0. The first-order valence-corrected chi connectivity index (χ1v) is 11.7. The number of benzene rings is 2. The minimum Gasteiger partial charge on any atom is -0.380 e. The van der Waals surface area contributed by atoms with Gasteiger partial charge < -0.3 is 9.64 Å². The van der Waals surface area contributed by atoms with Gasteiger partial charge in [0, 0.05) is 30.4 Å². The van der Waals surface area contributed by atoms with Crippen LogP contribution in [0, 0.1) is 5.82 Å². The number of rotatable bonds is 4. The molecule has 2 N–H and O–H groups in total. The molecule has 2 saturated heterocycles. The maximum atomic E-state index is 15.1. The minimum atomic E-state index is -0.550. The number of amides is 1. The Hall–Kier alpha value is -2.87. The number of ether oxygens (including phenoxy) is 1. The van der Waals surface area contributed by atoms with Crippen LogP contribution >= 0.6 is 0 Å². The van der Waals surface area contributed by atoms with Crippen molar-refractivity contribution in [2.24, 2.45) is 5.10 Å². The van der Waals surface area contributed by atoms with Gasteiger partial charge in [-0.25, -0.2) is 4.39 Å². The van der Waals surface area contributed by atoms with Crippen LogP contribution in [0.5, 0.6) is 0 Å². The average Bonchev–Trinajstić information content (AvgIpc) is 3.59. The third-order valence-electron chi connectivity index (χ3n) is 7.59. The Morgan fingerprint density at radius 3 is 2.94 bits per heavy atom. The highest BCUT2D eigenvalue weighted by Gasteiger charge is 2.55. The van der Waals surface area contributed by atoms with E-state index >= 15 is 4.39 Å². The molecular formula is C26H28FN4O2+. The molecule has 4 aliphatic heterocycles. The Morgan fingerprint density at radius 1 is 1.24 bits per heavy atom. The van der Waals surface area contributed by atoms with Crippen LogP contribution in [0.15, 0.2) is 53.8 Å². The maximum Gasteiger partial charge on any atom is 0.239 e. The van der Waals surface area contributed by atoms with Crippen molar-refractivity contribution in [1.29, 1.82) is 0 Å². The quantitative estimate of drug-likeness (QED) is 0.733. The summed E-state index contributed by atoms with van der Waals surface area (Å²) in [6, 6.07) is 13.6. The number of nitrogens with zero attached hydrogens (tertiary/aromatic N) is 3. The molecule has 0 aliphatic carbocycles. The topological polar surface area (TPSA) is 61.8 Å². The van der Waals surface area contributed by atoms with E-state index in [1.54, 1.807) is 22.6 Å². The molecule has 4 heterocycles. The van der Waals surface area contributed by atoms with Gasteiger partial charge in [-0.15, -0.1) is 0 Å². The van der Waals surface area contributed by atoms with Gasteiger partial charge in [0.2, 0.25) is 5.91 Å². The predicted octanol–water partition coefficient (Wildman–Crippen LogP) is 2.40. The molecule has 0 saturated carbocycles. The SMILES string of the molecule is O=C1N(Cc2ccc(C3=C[NH2+]N=C3)cc2F)c2ccccc2C12CCN(C1CCCOC1)C2. The molecule has 2 aromatic rings. The van der Waals surface area contributed by atoms with Crippen molar-refractivity contribution in [3.05, 3.63) is 71.2 Å². The second kappa shape index (κ2) is 8.17. The van der Waals surface area contributed by atoms with E-state index in [0.29, 0.717) is 18.2 Å². The molecule has 170 valence electrons. The van der Waals surface area contributed by atoms with Crippen LogP contribution in [-0.4, -0.2) is 49.4 Å². The highest BCUT2D eigenvalue weighted by molar-refractivity contribution is 6.10. The first-order valence-electron chi connectivity index (χ1n) is 11.7. The predicted molar refractivity (Wildman–Crippen MR) is 124 cm³/mol. The van der Waals surface area contributed by atoms with E-state index < -0.39 is 5.41 Å². The summed E-state index contributed by atoms with van der Waals surface area (Å²) in [5.74, 6) is -0.209. The zero-order valence-corrected chi connectivity index (χ0v) is 18.5. The molecular weight excluding hydrogens is 419 g/mol. The monoisotopic (exact) mass is 447 g/mol. The van der Waals surface area contributed by atoms with Crippen LogP contribution in [0.2, 0.25) is 0 Å². The number of allylic oxidation sites excluding steroid dienone is 1. The standard InChI is InChI=1S/C26H27FN4O2/c27-23-12-18(20-13-28-29-14-20)7-8-19(23)15-31-24-6-2-1-5-22(24)26(25(31)32)9-10-30(17-26)21-4-3-11-33-16-21/h1-2,5-8,12-14,21H,3-4,9-11,15-17H2,(H,28,29)/p+1. The molecule has 0 aromatic heterocycles. The van der Waals surface area contributed by atoms with Gasteiger partial charge >= 0.3 is 0 Å². The number of nitrogens with two attached hydrogens (primary N) is 1. The van der Waals surface area contributed by atoms with E-state index in [9.17, 15) is 4.79 Å². The molecule has 33 heavy (non-hydrogen) atoms. The Kier molecular flexibility index (Phi) is 5.13. The van der Waals surface area contributed by atoms with Crippen molar-refractivity contribution in [3.63, 3.8) is 0 Å². The fourth-order valence-electron chi connectivity index (χ4n) is 5.80. The summed E-state index contributed by atoms with van der Waals surface area (Å²) >= 11 is 0. The average molecular weight is 448 g/mol. The lowest BCUT2D eigenvalue weighted by Gasteiger charge is -2.32. The number of hydrogen-bond acceptors (Lipinski definition) is 4. The van der Waals surface area contributed by atoms with Gasteiger partial charge in [-0.3, -0.25) is 9.69 Å². The normalized spacial score (nSPS) is 26.9. The number of carbonyl (C=O) groups is 1. The van der Waals surface area contributed by atoms with E-state index in [-0.39, 0.29) is 18.3 Å². The van der Waals surface area contributed by atoms with Gasteiger partial charge in [0.15, 0.2) is 0 Å². The molecule has 1 amide bonds. The zero-order chi connectivity index (χ0) is 22.4. The van der Waals surface area contributed by atoms with Crippen LogP contribution in [0.4, 0.5) is 10.1 Å². The molecule has 2 atom stereocenters. The molecule has 0 bridgehead atoms. The number of likely N-dealkylation sites (tertiary alicyclic amines) is 1. The Balaban J connectivity index is 1.28. The first-order chi connectivity index (χ1) is 16.2. The van der Waals surface area contributed by atoms with Crippen molar-refractivity contribution < 1.29 is 19.3 Å². The van der Waals surface area contributed by atoms with Crippen LogP contribution in [-0.2, 0) is 21.5 Å². The van der Waals surface area contributed by atoms with Crippen LogP contribution in [0.25, 0.3) is 5.57 Å². The summed E-state index contributed by atoms with van der Waals surface area (Å²) in [6.07, 6.45) is 6.57. The lowest BCUT2D eigenvalue weighted by molar-refractivity contribution is -0.589. The summed E-state index contributed by atoms with van der Waals surface area (Å²) < 4.78 is 20.8. The number of anilines is 1. The van der Waals surface area contributed by atoms with Gasteiger partial charge in [0.05, 0.1) is 30.4 Å². The van der Waals surface area contributed by atoms with Gasteiger partial charge in [-0.1, -0.05) is 35.4 Å². The summed E-state index contributed by atoms with van der Waals surface area (Å²) in [6.45, 7) is 3.40. The Labute approximate surface area is 192 Å². The first kappa shape index (κ1) is 20.7. The second-order valence-electron chi connectivity index (χ2n) is 9.44. The van der Waals surface area contributed by atoms with Crippen molar-refractivity contribution in [3.8, 4) is 0 Å². The van der Waals surface area contributed by atoms with Crippen molar-refractivity contribution >= 4 is 23.4 Å². The van der Waals surface area contributed by atoms with Gasteiger partial charge in [-0.2, -0.15) is 5.43 Å². The third-order valence-corrected chi connectivity index (χ3v) is 7.59. The fourth-order valence-corrected chi connectivity index (χ4v) is 5.80. The summed E-state index contributed by atoms with van der Waals surface area (Å²) in [5.41, 5.74) is 5.34. The zero-order valence-electron chi connectivity index (χ0n) is 18.5. The van der Waals surface area contributed by atoms with E-state index in [0.717, 1.165) is 61.4 Å². The molecule has 6 nitrogen and oxygen atoms in total. The van der Waals surface area contributed by atoms with Gasteiger partial charge in [0.25, 0.3) is 0 Å². The van der Waals surface area contributed by atoms with Crippen LogP contribution in [0.1, 0.15) is 36.0 Å². The van der Waals surface area contributed by atoms with Gasteiger partial charge in [-0.05, 0) is 49.1 Å². The lowest BCUT2D eigenvalue weighted by atomic mass is 9.81. The second-order valence-corrected chi connectivity index (χ2v) is 9.44. The molecule has 7 heteroatoms. The van der Waals surface area contributed by atoms with Crippen molar-refractivity contribution in [1.82, 2.24) is 4.90 Å². The number of quaternary nitrogens is 1. The molecule has 0 radical (unpaired) electrons. The molecule has 6 rings (SSSR count). The number of hydrogen-bond donors (Lipinski definition) is 1. The van der Waals surface area contributed by atoms with E-state index in [2.05, 4.69) is 16.1 Å². The highest BCUT2D eigenvalue weighted by Crippen LogP contribution is 2.48. The number of para-hydroxylation sites is 1. The summed E-state index contributed by atoms with van der Waals surface area (Å²) in [4.78, 5) is 18.1. The highest BCUT2D eigenvalue weighted by atomic mass is 19.1. The molecule has 2 unspecified atom stereocenters. The lowest BCUT2D eigenvalue weighted by Crippen LogP contribution is -2.69. The molecule has 1 spiro atoms. The fraction of sp³-hybridized carbons (Fsp3) is 0.385. The summed E-state index contributed by atoms with van der Waals surface area (Å²) in [5, 5.41) is 4.06. The Morgan fingerprint density at radius 2 is 2.15 bits per heavy atom. The van der Waals surface area contributed by atoms with E-state index in [4.69, 9.17) is 4.74 Å². The molecule has 4 aliphatic rings.